The fourth-order valence-electron chi connectivity index (χ4n) is 0.980. The summed E-state index contributed by atoms with van der Waals surface area (Å²) >= 11 is 0. The molecule has 0 aromatic heterocycles. The van der Waals surface area contributed by atoms with Gasteiger partial charge in [-0.2, -0.15) is 0 Å². The molecular weight excluding hydrogens is 136 g/mol. The third-order valence-electron chi connectivity index (χ3n) is 1.78. The summed E-state index contributed by atoms with van der Waals surface area (Å²) in [5.74, 6) is 0.702. The Morgan fingerprint density at radius 1 is 1.27 bits per heavy atom. The summed E-state index contributed by atoms with van der Waals surface area (Å²) in [5, 5.41) is 9.38. The van der Waals surface area contributed by atoms with E-state index in [4.69, 9.17) is 0 Å². The predicted octanol–water partition coefficient (Wildman–Crippen LogP) is 2.75. The van der Waals surface area contributed by atoms with E-state index in [-0.39, 0.29) is 6.10 Å². The molecule has 0 saturated carbocycles. The fraction of sp³-hybridized carbons (Fsp3) is 0.800. The molecule has 0 aromatic carbocycles. The summed E-state index contributed by atoms with van der Waals surface area (Å²) in [4.78, 5) is 0. The van der Waals surface area contributed by atoms with Gasteiger partial charge in [-0.3, -0.25) is 0 Å². The summed E-state index contributed by atoms with van der Waals surface area (Å²) in [6.07, 6.45) is 5.60. The zero-order chi connectivity index (χ0) is 8.69. The largest absolute Gasteiger partial charge is 0.393 e. The molecule has 0 bridgehead atoms. The average molecular weight is 156 g/mol. The van der Waals surface area contributed by atoms with E-state index >= 15 is 0 Å². The summed E-state index contributed by atoms with van der Waals surface area (Å²) in [7, 11) is 0. The van der Waals surface area contributed by atoms with Crippen LogP contribution in [0.5, 0.6) is 0 Å². The van der Waals surface area contributed by atoms with E-state index in [1.165, 1.54) is 0 Å². The molecule has 0 aromatic rings. The second kappa shape index (κ2) is 6.41. The van der Waals surface area contributed by atoms with E-state index in [1.807, 2.05) is 6.08 Å². The SMILES string of the molecule is C=CCCC(O)CCC(C)C. The number of aliphatic hydroxyl groups is 1. The van der Waals surface area contributed by atoms with Crippen LogP contribution in [-0.4, -0.2) is 11.2 Å². The quantitative estimate of drug-likeness (QED) is 0.586. The van der Waals surface area contributed by atoms with E-state index < -0.39 is 0 Å². The molecule has 0 heterocycles. The number of hydrogen-bond donors (Lipinski definition) is 1. The lowest BCUT2D eigenvalue weighted by molar-refractivity contribution is 0.148. The standard InChI is InChI=1S/C10H20O/c1-4-5-6-10(11)8-7-9(2)3/h4,9-11H,1,5-8H2,2-3H3. The van der Waals surface area contributed by atoms with Crippen molar-refractivity contribution in [3.8, 4) is 0 Å². The first kappa shape index (κ1) is 10.7. The van der Waals surface area contributed by atoms with Crippen molar-refractivity contribution in [2.45, 2.75) is 45.6 Å². The zero-order valence-corrected chi connectivity index (χ0v) is 7.71. The Labute approximate surface area is 70.1 Å². The minimum absolute atomic E-state index is 0.115. The van der Waals surface area contributed by atoms with Crippen LogP contribution < -0.4 is 0 Å². The van der Waals surface area contributed by atoms with Crippen LogP contribution in [0.2, 0.25) is 0 Å². The van der Waals surface area contributed by atoms with Gasteiger partial charge in [0.1, 0.15) is 0 Å². The van der Waals surface area contributed by atoms with Gasteiger partial charge in [0.25, 0.3) is 0 Å². The third kappa shape index (κ3) is 7.60. The summed E-state index contributed by atoms with van der Waals surface area (Å²) in [6.45, 7) is 7.98. The minimum atomic E-state index is -0.115. The lowest BCUT2D eigenvalue weighted by atomic mass is 10.0. The Morgan fingerprint density at radius 3 is 2.36 bits per heavy atom. The van der Waals surface area contributed by atoms with Gasteiger partial charge in [0.05, 0.1) is 6.10 Å². The van der Waals surface area contributed by atoms with Gasteiger partial charge in [-0.15, -0.1) is 6.58 Å². The maximum absolute atomic E-state index is 9.38. The van der Waals surface area contributed by atoms with Crippen LogP contribution in [0, 0.1) is 5.92 Å². The summed E-state index contributed by atoms with van der Waals surface area (Å²) in [6, 6.07) is 0. The van der Waals surface area contributed by atoms with Crippen LogP contribution in [0.25, 0.3) is 0 Å². The van der Waals surface area contributed by atoms with Crippen LogP contribution in [-0.2, 0) is 0 Å². The van der Waals surface area contributed by atoms with Crippen LogP contribution in [0.1, 0.15) is 39.5 Å². The van der Waals surface area contributed by atoms with Crippen molar-refractivity contribution in [1.82, 2.24) is 0 Å². The molecule has 0 fully saturated rings. The molecule has 0 radical (unpaired) electrons. The average Bonchev–Trinajstić information content (AvgIpc) is 1.97. The van der Waals surface area contributed by atoms with Crippen molar-refractivity contribution >= 4 is 0 Å². The molecule has 1 atom stereocenters. The fourth-order valence-corrected chi connectivity index (χ4v) is 0.980. The van der Waals surface area contributed by atoms with Gasteiger partial charge in [0, 0.05) is 0 Å². The van der Waals surface area contributed by atoms with Gasteiger partial charge >= 0.3 is 0 Å². The first-order chi connectivity index (χ1) is 5.16. The maximum atomic E-state index is 9.38. The van der Waals surface area contributed by atoms with E-state index in [0.717, 1.165) is 25.7 Å². The molecular formula is C10H20O. The first-order valence-corrected chi connectivity index (χ1v) is 4.45. The topological polar surface area (TPSA) is 20.2 Å². The van der Waals surface area contributed by atoms with Gasteiger partial charge in [0.15, 0.2) is 0 Å². The molecule has 1 heteroatoms. The molecule has 0 saturated heterocycles. The third-order valence-corrected chi connectivity index (χ3v) is 1.78. The van der Waals surface area contributed by atoms with E-state index in [1.54, 1.807) is 0 Å². The molecule has 0 aliphatic rings. The van der Waals surface area contributed by atoms with Crippen LogP contribution in [0.15, 0.2) is 12.7 Å². The minimum Gasteiger partial charge on any atom is -0.393 e. The molecule has 0 rings (SSSR count). The van der Waals surface area contributed by atoms with Crippen LogP contribution in [0.4, 0.5) is 0 Å². The highest BCUT2D eigenvalue weighted by Gasteiger charge is 2.03. The first-order valence-electron chi connectivity index (χ1n) is 4.45. The highest BCUT2D eigenvalue weighted by atomic mass is 16.3. The number of rotatable bonds is 6. The van der Waals surface area contributed by atoms with Crippen LogP contribution >= 0.6 is 0 Å². The van der Waals surface area contributed by atoms with Crippen molar-refractivity contribution in [3.63, 3.8) is 0 Å². The van der Waals surface area contributed by atoms with Gasteiger partial charge in [-0.05, 0) is 31.6 Å². The normalized spacial score (nSPS) is 13.5. The monoisotopic (exact) mass is 156 g/mol. The highest BCUT2D eigenvalue weighted by molar-refractivity contribution is 4.69. The molecule has 66 valence electrons. The number of hydrogen-bond acceptors (Lipinski definition) is 1. The number of aliphatic hydroxyl groups excluding tert-OH is 1. The molecule has 1 unspecified atom stereocenters. The Morgan fingerprint density at radius 2 is 1.91 bits per heavy atom. The zero-order valence-electron chi connectivity index (χ0n) is 7.71. The summed E-state index contributed by atoms with van der Waals surface area (Å²) < 4.78 is 0. The predicted molar refractivity (Wildman–Crippen MR) is 49.5 cm³/mol. The molecule has 1 N–H and O–H groups in total. The summed E-state index contributed by atoms with van der Waals surface area (Å²) in [5.41, 5.74) is 0. The second-order valence-corrected chi connectivity index (χ2v) is 3.49. The molecule has 11 heavy (non-hydrogen) atoms. The van der Waals surface area contributed by atoms with Crippen LogP contribution in [0.3, 0.4) is 0 Å². The van der Waals surface area contributed by atoms with Crippen molar-refractivity contribution in [1.29, 1.82) is 0 Å². The van der Waals surface area contributed by atoms with Crippen molar-refractivity contribution in [2.75, 3.05) is 0 Å². The van der Waals surface area contributed by atoms with Gasteiger partial charge in [-0.25, -0.2) is 0 Å². The van der Waals surface area contributed by atoms with Gasteiger partial charge in [0.2, 0.25) is 0 Å². The van der Waals surface area contributed by atoms with Gasteiger partial charge in [-0.1, -0.05) is 19.9 Å². The second-order valence-electron chi connectivity index (χ2n) is 3.49. The lowest BCUT2D eigenvalue weighted by Gasteiger charge is -2.10. The Kier molecular flexibility index (Phi) is 6.24. The van der Waals surface area contributed by atoms with E-state index in [9.17, 15) is 5.11 Å². The molecule has 0 aliphatic carbocycles. The Bertz CT molecular complexity index is 97.0. The van der Waals surface area contributed by atoms with Crippen molar-refractivity contribution in [3.05, 3.63) is 12.7 Å². The van der Waals surface area contributed by atoms with Crippen molar-refractivity contribution in [2.24, 2.45) is 5.92 Å². The van der Waals surface area contributed by atoms with Gasteiger partial charge < -0.3 is 5.11 Å². The molecule has 0 spiro atoms. The number of allylic oxidation sites excluding steroid dienone is 1. The Hall–Kier alpha value is -0.300. The van der Waals surface area contributed by atoms with E-state index in [0.29, 0.717) is 5.92 Å². The smallest absolute Gasteiger partial charge is 0.0543 e. The Balaban J connectivity index is 3.21. The van der Waals surface area contributed by atoms with E-state index in [2.05, 4.69) is 20.4 Å². The molecule has 0 aliphatic heterocycles. The molecule has 1 nitrogen and oxygen atoms in total. The molecule has 0 amide bonds. The van der Waals surface area contributed by atoms with Crippen molar-refractivity contribution < 1.29 is 5.11 Å². The maximum Gasteiger partial charge on any atom is 0.0543 e. The lowest BCUT2D eigenvalue weighted by Crippen LogP contribution is -2.06. The highest BCUT2D eigenvalue weighted by Crippen LogP contribution is 2.10.